The summed E-state index contributed by atoms with van der Waals surface area (Å²) in [6, 6.07) is 5.53. The molecule has 2 amide bonds. The van der Waals surface area contributed by atoms with Gasteiger partial charge < -0.3 is 16.0 Å². The van der Waals surface area contributed by atoms with Crippen LogP contribution in [0.3, 0.4) is 0 Å². The fraction of sp³-hybridized carbons (Fsp3) is 0.429. The largest absolute Gasteiger partial charge is 0.355 e. The fourth-order valence-corrected chi connectivity index (χ4v) is 2.24. The van der Waals surface area contributed by atoms with Gasteiger partial charge in [0, 0.05) is 29.7 Å². The van der Waals surface area contributed by atoms with Gasteiger partial charge in [0.25, 0.3) is 0 Å². The molecule has 1 aromatic rings. The minimum Gasteiger partial charge on any atom is -0.355 e. The summed E-state index contributed by atoms with van der Waals surface area (Å²) in [7, 11) is 0. The second-order valence-electron chi connectivity index (χ2n) is 4.93. The number of carbonyl (C=O) groups excluding carboxylic acids is 2. The Labute approximate surface area is 123 Å². The molecule has 1 fully saturated rings. The van der Waals surface area contributed by atoms with Crippen LogP contribution in [0.25, 0.3) is 0 Å². The van der Waals surface area contributed by atoms with Crippen LogP contribution in [0.15, 0.2) is 18.2 Å². The monoisotopic (exact) mass is 295 g/mol. The van der Waals surface area contributed by atoms with Crippen LogP contribution < -0.4 is 16.0 Å². The lowest BCUT2D eigenvalue weighted by Crippen LogP contribution is -2.47. The van der Waals surface area contributed by atoms with Gasteiger partial charge in [0.2, 0.25) is 11.8 Å². The summed E-state index contributed by atoms with van der Waals surface area (Å²) in [6.07, 6.45) is 1.27. The number of aryl methyl sites for hydroxylation is 1. The highest BCUT2D eigenvalue weighted by molar-refractivity contribution is 6.31. The summed E-state index contributed by atoms with van der Waals surface area (Å²) in [6.45, 7) is 2.70. The van der Waals surface area contributed by atoms with Crippen molar-refractivity contribution >= 4 is 29.1 Å². The average Bonchev–Trinajstić information content (AvgIpc) is 2.42. The predicted molar refractivity (Wildman–Crippen MR) is 78.9 cm³/mol. The number of rotatable bonds is 4. The van der Waals surface area contributed by atoms with Crippen molar-refractivity contribution in [3.05, 3.63) is 28.8 Å². The van der Waals surface area contributed by atoms with Gasteiger partial charge in [0.1, 0.15) is 0 Å². The third-order valence-corrected chi connectivity index (χ3v) is 3.53. The summed E-state index contributed by atoms with van der Waals surface area (Å²) in [5.41, 5.74) is 1.69. The second kappa shape index (κ2) is 6.72. The molecule has 6 heteroatoms. The molecule has 0 radical (unpaired) electrons. The van der Waals surface area contributed by atoms with Crippen molar-refractivity contribution in [3.63, 3.8) is 0 Å². The number of nitrogens with one attached hydrogen (secondary N) is 3. The Kier molecular flexibility index (Phi) is 4.98. The summed E-state index contributed by atoms with van der Waals surface area (Å²) >= 11 is 5.91. The fourth-order valence-electron chi connectivity index (χ4n) is 2.07. The maximum absolute atomic E-state index is 11.9. The van der Waals surface area contributed by atoms with Crippen molar-refractivity contribution in [3.8, 4) is 0 Å². The first-order valence-corrected chi connectivity index (χ1v) is 6.98. The van der Waals surface area contributed by atoms with Crippen LogP contribution in [-0.4, -0.2) is 30.9 Å². The molecule has 1 unspecified atom stereocenters. The molecule has 1 heterocycles. The maximum Gasteiger partial charge on any atom is 0.238 e. The van der Waals surface area contributed by atoms with Crippen molar-refractivity contribution in [2.45, 2.75) is 25.8 Å². The van der Waals surface area contributed by atoms with Crippen molar-refractivity contribution in [1.82, 2.24) is 10.6 Å². The Morgan fingerprint density at radius 1 is 1.50 bits per heavy atom. The number of carbonyl (C=O) groups is 2. The van der Waals surface area contributed by atoms with Crippen molar-refractivity contribution in [1.29, 1.82) is 0 Å². The molecule has 1 aliphatic rings. The highest BCUT2D eigenvalue weighted by Crippen LogP contribution is 2.19. The number of amides is 2. The SMILES string of the molecule is Cc1ccc(Cl)cc1NC(=O)CNC1CCC(=O)NC1. The maximum atomic E-state index is 11.9. The van der Waals surface area contributed by atoms with Gasteiger partial charge in [-0.05, 0) is 31.0 Å². The first-order valence-electron chi connectivity index (χ1n) is 6.60. The zero-order chi connectivity index (χ0) is 14.5. The third-order valence-electron chi connectivity index (χ3n) is 3.29. The molecule has 1 saturated heterocycles. The molecular formula is C14H18ClN3O2. The molecule has 0 aromatic heterocycles. The zero-order valence-corrected chi connectivity index (χ0v) is 12.1. The topological polar surface area (TPSA) is 70.2 Å². The minimum absolute atomic E-state index is 0.0713. The molecule has 20 heavy (non-hydrogen) atoms. The van der Waals surface area contributed by atoms with E-state index in [0.29, 0.717) is 18.0 Å². The molecule has 0 saturated carbocycles. The number of hydrogen-bond donors (Lipinski definition) is 3. The molecule has 0 aliphatic carbocycles. The van der Waals surface area contributed by atoms with Gasteiger partial charge in [-0.1, -0.05) is 17.7 Å². The predicted octanol–water partition coefficient (Wildman–Crippen LogP) is 1.46. The van der Waals surface area contributed by atoms with Crippen LogP contribution in [0, 0.1) is 6.92 Å². The van der Waals surface area contributed by atoms with Crippen LogP contribution in [0.4, 0.5) is 5.69 Å². The average molecular weight is 296 g/mol. The molecule has 3 N–H and O–H groups in total. The van der Waals surface area contributed by atoms with Crippen LogP contribution in [0.5, 0.6) is 0 Å². The van der Waals surface area contributed by atoms with Crippen LogP contribution in [0.2, 0.25) is 5.02 Å². The lowest BCUT2D eigenvalue weighted by molar-refractivity contribution is -0.122. The normalized spacial score (nSPS) is 18.5. The Morgan fingerprint density at radius 3 is 3.00 bits per heavy atom. The van der Waals surface area contributed by atoms with Crippen LogP contribution in [0.1, 0.15) is 18.4 Å². The smallest absolute Gasteiger partial charge is 0.238 e. The van der Waals surface area contributed by atoms with E-state index in [-0.39, 0.29) is 24.4 Å². The molecular weight excluding hydrogens is 278 g/mol. The van der Waals surface area contributed by atoms with Crippen molar-refractivity contribution in [2.75, 3.05) is 18.4 Å². The Bertz CT molecular complexity index is 509. The minimum atomic E-state index is -0.118. The first-order chi connectivity index (χ1) is 9.54. The van der Waals surface area contributed by atoms with E-state index >= 15 is 0 Å². The molecule has 1 aromatic carbocycles. The van der Waals surface area contributed by atoms with Crippen molar-refractivity contribution < 1.29 is 9.59 Å². The first kappa shape index (κ1) is 14.8. The highest BCUT2D eigenvalue weighted by Gasteiger charge is 2.18. The molecule has 0 spiro atoms. The summed E-state index contributed by atoms with van der Waals surface area (Å²) < 4.78 is 0. The number of benzene rings is 1. The van der Waals surface area contributed by atoms with Gasteiger partial charge in [-0.15, -0.1) is 0 Å². The molecule has 0 bridgehead atoms. The van der Waals surface area contributed by atoms with Crippen LogP contribution in [-0.2, 0) is 9.59 Å². The third kappa shape index (κ3) is 4.21. The second-order valence-corrected chi connectivity index (χ2v) is 5.36. The molecule has 2 rings (SSSR count). The van der Waals surface area contributed by atoms with Crippen LogP contribution >= 0.6 is 11.6 Å². The van der Waals surface area contributed by atoms with E-state index in [9.17, 15) is 9.59 Å². The van der Waals surface area contributed by atoms with E-state index in [1.807, 2.05) is 13.0 Å². The molecule has 5 nitrogen and oxygen atoms in total. The van der Waals surface area contributed by atoms with E-state index in [4.69, 9.17) is 11.6 Å². The Hall–Kier alpha value is -1.59. The molecule has 108 valence electrons. The molecule has 1 atom stereocenters. The van der Waals surface area contributed by atoms with E-state index in [0.717, 1.165) is 17.7 Å². The van der Waals surface area contributed by atoms with Gasteiger partial charge in [-0.2, -0.15) is 0 Å². The van der Waals surface area contributed by atoms with Gasteiger partial charge in [-0.3, -0.25) is 9.59 Å². The van der Waals surface area contributed by atoms with E-state index < -0.39 is 0 Å². The van der Waals surface area contributed by atoms with Gasteiger partial charge in [0.05, 0.1) is 6.54 Å². The zero-order valence-electron chi connectivity index (χ0n) is 11.3. The number of piperidine rings is 1. The number of hydrogen-bond acceptors (Lipinski definition) is 3. The summed E-state index contributed by atoms with van der Waals surface area (Å²) in [5, 5.41) is 9.33. The van der Waals surface area contributed by atoms with E-state index in [1.165, 1.54) is 0 Å². The number of anilines is 1. The highest BCUT2D eigenvalue weighted by atomic mass is 35.5. The van der Waals surface area contributed by atoms with Gasteiger partial charge >= 0.3 is 0 Å². The van der Waals surface area contributed by atoms with Gasteiger partial charge in [0.15, 0.2) is 0 Å². The van der Waals surface area contributed by atoms with Crippen molar-refractivity contribution in [2.24, 2.45) is 0 Å². The lowest BCUT2D eigenvalue weighted by Gasteiger charge is -2.23. The van der Waals surface area contributed by atoms with E-state index in [1.54, 1.807) is 12.1 Å². The summed E-state index contributed by atoms with van der Waals surface area (Å²) in [4.78, 5) is 22.9. The number of halogens is 1. The Morgan fingerprint density at radius 2 is 2.30 bits per heavy atom. The standard InChI is InChI=1S/C14H18ClN3O2/c1-9-2-3-10(15)6-12(9)18-14(20)8-16-11-4-5-13(19)17-7-11/h2-3,6,11,16H,4-5,7-8H2,1H3,(H,17,19)(H,18,20). The summed E-state index contributed by atoms with van der Waals surface area (Å²) in [5.74, 6) is -0.0469. The lowest BCUT2D eigenvalue weighted by atomic mass is 10.1. The molecule has 1 aliphatic heterocycles. The quantitative estimate of drug-likeness (QED) is 0.787. The Balaban J connectivity index is 1.80. The van der Waals surface area contributed by atoms with E-state index in [2.05, 4.69) is 16.0 Å². The van der Waals surface area contributed by atoms with Gasteiger partial charge in [-0.25, -0.2) is 0 Å².